The maximum Gasteiger partial charge on any atom is -0.0383 e. The van der Waals surface area contributed by atoms with Crippen molar-refractivity contribution in [2.24, 2.45) is 17.8 Å². The summed E-state index contributed by atoms with van der Waals surface area (Å²) >= 11 is 0. The van der Waals surface area contributed by atoms with Gasteiger partial charge in [0.1, 0.15) is 0 Å². The minimum atomic E-state index is 1.13. The van der Waals surface area contributed by atoms with Gasteiger partial charge in [-0.25, -0.2) is 0 Å². The Morgan fingerprint density at radius 3 is 2.44 bits per heavy atom. The monoisotopic (exact) mass is 124 g/mol. The first-order chi connectivity index (χ1) is 4.40. The molecule has 2 aliphatic carbocycles. The highest BCUT2D eigenvalue weighted by molar-refractivity contribution is 4.88. The van der Waals surface area contributed by atoms with Gasteiger partial charge in [-0.15, -0.1) is 0 Å². The van der Waals surface area contributed by atoms with Gasteiger partial charge < -0.3 is 0 Å². The zero-order valence-electron chi connectivity index (χ0n) is 6.27. The fourth-order valence-electron chi connectivity index (χ4n) is 2.88. The van der Waals surface area contributed by atoms with Crippen molar-refractivity contribution >= 4 is 0 Å². The Kier molecular flexibility index (Phi) is 1.28. The average Bonchev–Trinajstić information content (AvgIpc) is 2.45. The summed E-state index contributed by atoms with van der Waals surface area (Å²) in [5.74, 6) is 3.43. The minimum absolute atomic E-state index is 1.13. The van der Waals surface area contributed by atoms with Crippen LogP contribution in [0.5, 0.6) is 0 Å². The van der Waals surface area contributed by atoms with E-state index in [-0.39, 0.29) is 0 Å². The van der Waals surface area contributed by atoms with E-state index in [0.717, 1.165) is 17.8 Å². The molecule has 0 saturated heterocycles. The molecule has 0 unspecified atom stereocenters. The third-order valence-electron chi connectivity index (χ3n) is 3.41. The molecule has 2 rings (SSSR count). The summed E-state index contributed by atoms with van der Waals surface area (Å²) in [5.41, 5.74) is 0. The van der Waals surface area contributed by atoms with E-state index in [4.69, 9.17) is 0 Å². The molecule has 0 aromatic rings. The first kappa shape index (κ1) is 5.76. The first-order valence-corrected chi connectivity index (χ1v) is 4.40. The molecule has 0 aromatic heterocycles. The van der Waals surface area contributed by atoms with Gasteiger partial charge in [0.25, 0.3) is 0 Å². The highest BCUT2D eigenvalue weighted by atomic mass is 14.4. The summed E-state index contributed by atoms with van der Waals surface area (Å²) in [6, 6.07) is 0. The van der Waals surface area contributed by atoms with E-state index >= 15 is 0 Å². The van der Waals surface area contributed by atoms with Gasteiger partial charge in [0.15, 0.2) is 0 Å². The zero-order chi connectivity index (χ0) is 6.27. The van der Waals surface area contributed by atoms with Gasteiger partial charge in [-0.05, 0) is 37.0 Å². The van der Waals surface area contributed by atoms with E-state index in [0.29, 0.717) is 0 Å². The van der Waals surface area contributed by atoms with Crippen molar-refractivity contribution < 1.29 is 0 Å². The quantitative estimate of drug-likeness (QED) is 0.504. The summed E-state index contributed by atoms with van der Waals surface area (Å²) in [6.07, 6.45) is 7.71. The lowest BCUT2D eigenvalue weighted by Crippen LogP contribution is -2.08. The highest BCUT2D eigenvalue weighted by Crippen LogP contribution is 2.49. The Morgan fingerprint density at radius 1 is 1.22 bits per heavy atom. The van der Waals surface area contributed by atoms with Crippen molar-refractivity contribution in [3.63, 3.8) is 0 Å². The van der Waals surface area contributed by atoms with Gasteiger partial charge in [0, 0.05) is 0 Å². The average molecular weight is 124 g/mol. The van der Waals surface area contributed by atoms with Gasteiger partial charge in [0.2, 0.25) is 0 Å². The molecule has 0 heterocycles. The molecule has 0 amide bonds. The van der Waals surface area contributed by atoms with Gasteiger partial charge in [0.05, 0.1) is 0 Å². The second kappa shape index (κ2) is 2.00. The van der Waals surface area contributed by atoms with E-state index < -0.39 is 0 Å². The van der Waals surface area contributed by atoms with Crippen molar-refractivity contribution in [3.05, 3.63) is 0 Å². The predicted molar refractivity (Wildman–Crippen MR) is 39.2 cm³/mol. The Labute approximate surface area is 57.6 Å². The van der Waals surface area contributed by atoms with E-state index in [2.05, 4.69) is 6.92 Å². The lowest BCUT2D eigenvalue weighted by atomic mass is 9.87. The molecule has 2 bridgehead atoms. The standard InChI is InChI=1S/C9H16/c1-2-8-5-7-3-4-9(8)6-7/h7-9H,2-6H2,1H3/t7-,8-,9-/m1/s1. The van der Waals surface area contributed by atoms with E-state index in [1.807, 2.05) is 0 Å². The van der Waals surface area contributed by atoms with E-state index in [9.17, 15) is 0 Å². The molecule has 0 N–H and O–H groups in total. The molecule has 2 saturated carbocycles. The molecule has 0 spiro atoms. The lowest BCUT2D eigenvalue weighted by molar-refractivity contribution is 0.324. The number of rotatable bonds is 1. The predicted octanol–water partition coefficient (Wildman–Crippen LogP) is 2.83. The Balaban J connectivity index is 2.01. The SMILES string of the molecule is CC[C@@H]1C[C@H]2CC[C@@H]1C2. The van der Waals surface area contributed by atoms with Crippen LogP contribution < -0.4 is 0 Å². The number of hydrogen-bond acceptors (Lipinski definition) is 0. The summed E-state index contributed by atoms with van der Waals surface area (Å²) in [6.45, 7) is 2.35. The first-order valence-electron chi connectivity index (χ1n) is 4.40. The van der Waals surface area contributed by atoms with Crippen molar-refractivity contribution in [1.82, 2.24) is 0 Å². The van der Waals surface area contributed by atoms with Crippen LogP contribution in [0, 0.1) is 17.8 Å². The molecule has 0 heteroatoms. The molecular weight excluding hydrogens is 108 g/mol. The second-order valence-corrected chi connectivity index (χ2v) is 3.84. The molecule has 0 nitrogen and oxygen atoms in total. The summed E-state index contributed by atoms with van der Waals surface area (Å²) < 4.78 is 0. The van der Waals surface area contributed by atoms with Crippen molar-refractivity contribution in [2.45, 2.75) is 39.0 Å². The minimum Gasteiger partial charge on any atom is -0.0651 e. The van der Waals surface area contributed by atoms with E-state index in [1.54, 1.807) is 25.7 Å². The fraction of sp³-hybridized carbons (Fsp3) is 1.00. The molecule has 3 atom stereocenters. The maximum atomic E-state index is 2.35. The van der Waals surface area contributed by atoms with Crippen LogP contribution in [0.4, 0.5) is 0 Å². The molecule has 0 radical (unpaired) electrons. The largest absolute Gasteiger partial charge is 0.0651 e. The van der Waals surface area contributed by atoms with Gasteiger partial charge in [-0.3, -0.25) is 0 Å². The Hall–Kier alpha value is 0. The third kappa shape index (κ3) is 0.798. The summed E-state index contributed by atoms with van der Waals surface area (Å²) in [7, 11) is 0. The Morgan fingerprint density at radius 2 is 2.11 bits per heavy atom. The van der Waals surface area contributed by atoms with Crippen LogP contribution in [-0.2, 0) is 0 Å². The maximum absolute atomic E-state index is 2.35. The lowest BCUT2D eigenvalue weighted by Gasteiger charge is -2.18. The van der Waals surface area contributed by atoms with Crippen LogP contribution in [0.25, 0.3) is 0 Å². The fourth-order valence-corrected chi connectivity index (χ4v) is 2.88. The normalized spacial score (nSPS) is 48.3. The molecule has 52 valence electrons. The molecule has 0 aromatic carbocycles. The van der Waals surface area contributed by atoms with Crippen molar-refractivity contribution in [2.75, 3.05) is 0 Å². The van der Waals surface area contributed by atoms with Crippen LogP contribution in [0.15, 0.2) is 0 Å². The Bertz CT molecular complexity index is 107. The molecule has 2 aliphatic rings. The van der Waals surface area contributed by atoms with Crippen LogP contribution in [0.3, 0.4) is 0 Å². The second-order valence-electron chi connectivity index (χ2n) is 3.84. The third-order valence-corrected chi connectivity index (χ3v) is 3.41. The smallest absolute Gasteiger partial charge is 0.0383 e. The highest BCUT2D eigenvalue weighted by Gasteiger charge is 2.37. The molecule has 9 heavy (non-hydrogen) atoms. The van der Waals surface area contributed by atoms with Crippen LogP contribution >= 0.6 is 0 Å². The molecule has 2 fully saturated rings. The van der Waals surface area contributed by atoms with Gasteiger partial charge in [-0.2, -0.15) is 0 Å². The van der Waals surface area contributed by atoms with Gasteiger partial charge >= 0.3 is 0 Å². The van der Waals surface area contributed by atoms with Crippen LogP contribution in [0.1, 0.15) is 39.0 Å². The van der Waals surface area contributed by atoms with E-state index in [1.165, 1.54) is 6.42 Å². The van der Waals surface area contributed by atoms with Crippen molar-refractivity contribution in [3.8, 4) is 0 Å². The summed E-state index contributed by atoms with van der Waals surface area (Å²) in [4.78, 5) is 0. The van der Waals surface area contributed by atoms with Crippen molar-refractivity contribution in [1.29, 1.82) is 0 Å². The molecular formula is C9H16. The zero-order valence-corrected chi connectivity index (χ0v) is 6.27. The topological polar surface area (TPSA) is 0 Å². The molecule has 0 aliphatic heterocycles. The number of fused-ring (bicyclic) bond motifs is 2. The number of hydrogen-bond donors (Lipinski definition) is 0. The summed E-state index contributed by atoms with van der Waals surface area (Å²) in [5, 5.41) is 0. The van der Waals surface area contributed by atoms with Crippen LogP contribution in [-0.4, -0.2) is 0 Å². The van der Waals surface area contributed by atoms with Gasteiger partial charge in [-0.1, -0.05) is 19.8 Å². The van der Waals surface area contributed by atoms with Crippen LogP contribution in [0.2, 0.25) is 0 Å².